The summed E-state index contributed by atoms with van der Waals surface area (Å²) in [6.45, 7) is 4.03. The Labute approximate surface area is 138 Å². The van der Waals surface area contributed by atoms with Crippen LogP contribution in [0.2, 0.25) is 0 Å². The van der Waals surface area contributed by atoms with E-state index in [0.29, 0.717) is 5.92 Å². The quantitative estimate of drug-likeness (QED) is 0.816. The normalized spacial score (nSPS) is 21.2. The molecule has 0 N–H and O–H groups in total. The van der Waals surface area contributed by atoms with Gasteiger partial charge in [0.25, 0.3) is 0 Å². The van der Waals surface area contributed by atoms with Crippen LogP contribution in [0.1, 0.15) is 36.5 Å². The zero-order valence-electron chi connectivity index (χ0n) is 12.7. The van der Waals surface area contributed by atoms with E-state index in [1.165, 1.54) is 5.56 Å². The fraction of sp³-hybridized carbons (Fsp3) is 0.333. The molecule has 2 unspecified atom stereocenters. The molecule has 1 aliphatic rings. The van der Waals surface area contributed by atoms with Crippen molar-refractivity contribution in [3.63, 3.8) is 0 Å². The van der Waals surface area contributed by atoms with E-state index in [1.807, 2.05) is 50.4 Å². The largest absolute Gasteiger partial charge is 0.274 e. The van der Waals surface area contributed by atoms with Gasteiger partial charge in [0.05, 0.1) is 0 Å². The highest BCUT2D eigenvalue weighted by Gasteiger charge is 2.44. The zero-order chi connectivity index (χ0) is 15.7. The minimum absolute atomic E-state index is 0.0582. The number of pyridine rings is 1. The number of carbonyl (C=O) groups is 1. The molecule has 4 heteroatoms. The summed E-state index contributed by atoms with van der Waals surface area (Å²) in [5, 5.41) is 0. The Balaban J connectivity index is 1.85. The first-order valence-corrected chi connectivity index (χ1v) is 8.37. The molecule has 3 rings (SSSR count). The molecule has 2 atom stereocenters. The molecule has 1 saturated carbocycles. The standard InChI is InChI=1S/C18H19BrN2O/c1-12(2)20-17-8-3-4-9-21(17)18(22)16-11-15(16)13-6-5-7-14(19)10-13/h3-10,12,15-16H,11H2,1-2H3. The van der Waals surface area contributed by atoms with E-state index in [0.717, 1.165) is 16.4 Å². The minimum atomic E-state index is 0.0582. The summed E-state index contributed by atoms with van der Waals surface area (Å²) in [7, 11) is 0. The zero-order valence-corrected chi connectivity index (χ0v) is 14.3. The van der Waals surface area contributed by atoms with Crippen molar-refractivity contribution in [3.05, 3.63) is 64.2 Å². The molecule has 0 bridgehead atoms. The molecule has 2 aromatic rings. The second kappa shape index (κ2) is 6.21. The molecule has 1 fully saturated rings. The van der Waals surface area contributed by atoms with Crippen LogP contribution >= 0.6 is 15.9 Å². The van der Waals surface area contributed by atoms with Gasteiger partial charge in [0.1, 0.15) is 5.49 Å². The molecule has 1 aromatic heterocycles. The molecule has 1 heterocycles. The SMILES string of the molecule is CC(C)N=c1ccccn1C(=O)C1CC1c1cccc(Br)c1. The smallest absolute Gasteiger partial charge is 0.235 e. The van der Waals surface area contributed by atoms with Crippen LogP contribution in [0.4, 0.5) is 0 Å². The Hall–Kier alpha value is -1.68. The van der Waals surface area contributed by atoms with Crippen molar-refractivity contribution in [3.8, 4) is 0 Å². The predicted octanol–water partition coefficient (Wildman–Crippen LogP) is 4.00. The second-order valence-corrected chi connectivity index (χ2v) is 6.91. The number of nitrogens with zero attached hydrogens (tertiary/aromatic N) is 2. The number of hydrogen-bond acceptors (Lipinski definition) is 2. The summed E-state index contributed by atoms with van der Waals surface area (Å²) in [5.74, 6) is 0.525. The van der Waals surface area contributed by atoms with Crippen molar-refractivity contribution < 1.29 is 4.79 Å². The number of hydrogen-bond donors (Lipinski definition) is 0. The summed E-state index contributed by atoms with van der Waals surface area (Å²) >= 11 is 3.49. The fourth-order valence-corrected chi connectivity index (χ4v) is 3.16. The van der Waals surface area contributed by atoms with Gasteiger partial charge >= 0.3 is 0 Å². The molecule has 1 aromatic carbocycles. The number of benzene rings is 1. The van der Waals surface area contributed by atoms with Crippen molar-refractivity contribution in [2.24, 2.45) is 10.9 Å². The van der Waals surface area contributed by atoms with Crippen molar-refractivity contribution in [1.82, 2.24) is 4.57 Å². The maximum atomic E-state index is 12.8. The molecule has 0 aliphatic heterocycles. The lowest BCUT2D eigenvalue weighted by Crippen LogP contribution is -2.28. The Morgan fingerprint density at radius 1 is 1.27 bits per heavy atom. The van der Waals surface area contributed by atoms with E-state index in [1.54, 1.807) is 4.57 Å². The van der Waals surface area contributed by atoms with E-state index >= 15 is 0 Å². The Bertz CT molecular complexity index is 763. The third kappa shape index (κ3) is 3.22. The molecular formula is C18H19BrN2O. The van der Waals surface area contributed by atoms with Gasteiger partial charge in [0.2, 0.25) is 5.91 Å². The van der Waals surface area contributed by atoms with E-state index in [4.69, 9.17) is 0 Å². The maximum Gasteiger partial charge on any atom is 0.235 e. The summed E-state index contributed by atoms with van der Waals surface area (Å²) in [6, 6.07) is 14.1. The molecule has 22 heavy (non-hydrogen) atoms. The molecular weight excluding hydrogens is 340 g/mol. The van der Waals surface area contributed by atoms with Crippen LogP contribution in [0.5, 0.6) is 0 Å². The van der Waals surface area contributed by atoms with Gasteiger partial charge in [0, 0.05) is 22.6 Å². The lowest BCUT2D eigenvalue weighted by Gasteiger charge is -2.07. The summed E-state index contributed by atoms with van der Waals surface area (Å²) in [4.78, 5) is 17.3. The van der Waals surface area contributed by atoms with Gasteiger partial charge in [-0.15, -0.1) is 0 Å². The lowest BCUT2D eigenvalue weighted by atomic mass is 10.1. The number of halogens is 1. The summed E-state index contributed by atoms with van der Waals surface area (Å²) < 4.78 is 2.76. The van der Waals surface area contributed by atoms with Crippen LogP contribution in [0.15, 0.2) is 58.1 Å². The Morgan fingerprint density at radius 2 is 2.09 bits per heavy atom. The Kier molecular flexibility index (Phi) is 4.30. The minimum Gasteiger partial charge on any atom is -0.274 e. The summed E-state index contributed by atoms with van der Waals surface area (Å²) in [6.07, 6.45) is 2.73. The third-order valence-electron chi connectivity index (χ3n) is 3.85. The maximum absolute atomic E-state index is 12.8. The predicted molar refractivity (Wildman–Crippen MR) is 90.7 cm³/mol. The molecule has 0 spiro atoms. The van der Waals surface area contributed by atoms with Crippen LogP contribution in [0.3, 0.4) is 0 Å². The van der Waals surface area contributed by atoms with E-state index in [9.17, 15) is 4.79 Å². The monoisotopic (exact) mass is 358 g/mol. The van der Waals surface area contributed by atoms with Gasteiger partial charge in [-0.05, 0) is 56.0 Å². The van der Waals surface area contributed by atoms with Crippen molar-refractivity contribution >= 4 is 21.8 Å². The van der Waals surface area contributed by atoms with E-state index in [2.05, 4.69) is 33.1 Å². The van der Waals surface area contributed by atoms with Crippen molar-refractivity contribution in [1.29, 1.82) is 0 Å². The highest BCUT2D eigenvalue weighted by atomic mass is 79.9. The van der Waals surface area contributed by atoms with Crippen LogP contribution in [0.25, 0.3) is 0 Å². The topological polar surface area (TPSA) is 34.4 Å². The van der Waals surface area contributed by atoms with E-state index < -0.39 is 0 Å². The number of rotatable bonds is 3. The molecule has 1 aliphatic carbocycles. The lowest BCUT2D eigenvalue weighted by molar-refractivity contribution is 0.0877. The van der Waals surface area contributed by atoms with Gasteiger partial charge in [0.15, 0.2) is 0 Å². The first-order chi connectivity index (χ1) is 10.6. The van der Waals surface area contributed by atoms with Gasteiger partial charge in [-0.2, -0.15) is 0 Å². The highest BCUT2D eigenvalue weighted by Crippen LogP contribution is 2.48. The number of carbonyl (C=O) groups excluding carboxylic acids is 1. The molecule has 3 nitrogen and oxygen atoms in total. The highest BCUT2D eigenvalue weighted by molar-refractivity contribution is 9.10. The van der Waals surface area contributed by atoms with Gasteiger partial charge in [-0.25, -0.2) is 0 Å². The first-order valence-electron chi connectivity index (χ1n) is 7.57. The van der Waals surface area contributed by atoms with Crippen molar-refractivity contribution in [2.75, 3.05) is 0 Å². The number of aromatic nitrogens is 1. The van der Waals surface area contributed by atoms with Crippen LogP contribution in [0, 0.1) is 5.92 Å². The third-order valence-corrected chi connectivity index (χ3v) is 4.34. The average Bonchev–Trinajstić information content (AvgIpc) is 3.27. The first kappa shape index (κ1) is 15.2. The van der Waals surface area contributed by atoms with E-state index in [-0.39, 0.29) is 17.9 Å². The Morgan fingerprint density at radius 3 is 2.82 bits per heavy atom. The van der Waals surface area contributed by atoms with Crippen LogP contribution in [-0.4, -0.2) is 16.5 Å². The van der Waals surface area contributed by atoms with Crippen LogP contribution in [-0.2, 0) is 0 Å². The van der Waals surface area contributed by atoms with Gasteiger partial charge in [-0.1, -0.05) is 34.1 Å². The van der Waals surface area contributed by atoms with Gasteiger partial charge < -0.3 is 0 Å². The molecule has 114 valence electrons. The molecule has 0 amide bonds. The fourth-order valence-electron chi connectivity index (χ4n) is 2.74. The van der Waals surface area contributed by atoms with Gasteiger partial charge in [-0.3, -0.25) is 14.4 Å². The van der Waals surface area contributed by atoms with Crippen molar-refractivity contribution in [2.45, 2.75) is 32.2 Å². The average molecular weight is 359 g/mol. The molecule has 0 radical (unpaired) electrons. The second-order valence-electron chi connectivity index (χ2n) is 5.99. The summed E-state index contributed by atoms with van der Waals surface area (Å²) in [5.41, 5.74) is 1.97. The molecule has 0 saturated heterocycles. The van der Waals surface area contributed by atoms with Crippen LogP contribution < -0.4 is 5.49 Å².